The van der Waals surface area contributed by atoms with Gasteiger partial charge in [-0.2, -0.15) is 0 Å². The van der Waals surface area contributed by atoms with Crippen LogP contribution in [0.4, 0.5) is 8.78 Å². The van der Waals surface area contributed by atoms with Crippen LogP contribution in [-0.2, 0) is 11.2 Å². The van der Waals surface area contributed by atoms with Crippen molar-refractivity contribution in [1.29, 1.82) is 0 Å². The predicted molar refractivity (Wildman–Crippen MR) is 54.2 cm³/mol. The number of hydrogen-bond acceptors (Lipinski definition) is 3. The van der Waals surface area contributed by atoms with Gasteiger partial charge in [-0.25, -0.2) is 8.78 Å². The van der Waals surface area contributed by atoms with E-state index in [1.807, 2.05) is 0 Å². The second-order valence-electron chi connectivity index (χ2n) is 4.06. The Kier molecular flexibility index (Phi) is 2.95. The quantitative estimate of drug-likeness (QED) is 0.877. The first-order valence-corrected chi connectivity index (χ1v) is 5.16. The van der Waals surface area contributed by atoms with E-state index < -0.39 is 18.0 Å². The van der Waals surface area contributed by atoms with Gasteiger partial charge in [0.15, 0.2) is 0 Å². The van der Waals surface area contributed by atoms with Gasteiger partial charge in [-0.1, -0.05) is 0 Å². The summed E-state index contributed by atoms with van der Waals surface area (Å²) >= 11 is 0. The van der Waals surface area contributed by atoms with Crippen molar-refractivity contribution in [3.05, 3.63) is 24.0 Å². The van der Waals surface area contributed by atoms with Crippen LogP contribution in [-0.4, -0.2) is 28.1 Å². The fraction of sp³-hybridized carbons (Fsp3) is 0.455. The Morgan fingerprint density at radius 2 is 2.29 bits per heavy atom. The van der Waals surface area contributed by atoms with Gasteiger partial charge in [0.05, 0.1) is 12.1 Å². The van der Waals surface area contributed by atoms with Gasteiger partial charge in [-0.3, -0.25) is 9.78 Å². The van der Waals surface area contributed by atoms with Crippen LogP contribution >= 0.6 is 0 Å². The number of carboxylic acid groups (broad SMARTS) is 1. The summed E-state index contributed by atoms with van der Waals surface area (Å²) in [4.78, 5) is 14.3. The van der Waals surface area contributed by atoms with E-state index in [1.54, 1.807) is 0 Å². The molecular weight excluding hydrogens is 232 g/mol. The molecule has 0 spiro atoms. The zero-order chi connectivity index (χ0) is 12.5. The predicted octanol–water partition coefficient (Wildman–Crippen LogP) is 1.89. The minimum atomic E-state index is -2.62. The summed E-state index contributed by atoms with van der Waals surface area (Å²) in [6.07, 6.45) is 0.125. The average Bonchev–Trinajstić information content (AvgIpc) is 2.14. The summed E-state index contributed by atoms with van der Waals surface area (Å²) in [6.45, 7) is 0. The van der Waals surface area contributed by atoms with Crippen LogP contribution in [0.1, 0.15) is 18.5 Å². The molecule has 0 unspecified atom stereocenters. The van der Waals surface area contributed by atoms with Crippen molar-refractivity contribution < 1.29 is 23.4 Å². The van der Waals surface area contributed by atoms with E-state index >= 15 is 0 Å². The molecule has 0 atom stereocenters. The molecule has 1 aromatic heterocycles. The lowest BCUT2D eigenvalue weighted by Gasteiger charge is -2.34. The van der Waals surface area contributed by atoms with Gasteiger partial charge in [-0.05, 0) is 6.07 Å². The molecule has 1 aliphatic rings. The molecular formula is C11H11F2NO3. The lowest BCUT2D eigenvalue weighted by molar-refractivity contribution is -0.136. The van der Waals surface area contributed by atoms with E-state index in [0.29, 0.717) is 11.4 Å². The number of aliphatic carboxylic acids is 1. The SMILES string of the molecule is O=C(O)Cc1cc(OC2CC(F)(F)C2)ccn1. The molecule has 6 heteroatoms. The van der Waals surface area contributed by atoms with E-state index in [1.165, 1.54) is 18.3 Å². The molecule has 0 radical (unpaired) electrons. The third-order valence-electron chi connectivity index (χ3n) is 2.48. The average molecular weight is 243 g/mol. The zero-order valence-electron chi connectivity index (χ0n) is 8.90. The molecule has 0 aliphatic heterocycles. The molecule has 4 nitrogen and oxygen atoms in total. The number of carbonyl (C=O) groups is 1. The Morgan fingerprint density at radius 1 is 1.59 bits per heavy atom. The van der Waals surface area contributed by atoms with E-state index in [0.717, 1.165) is 0 Å². The Balaban J connectivity index is 1.95. The number of rotatable bonds is 4. The Hall–Kier alpha value is -1.72. The molecule has 0 aromatic carbocycles. The summed E-state index contributed by atoms with van der Waals surface area (Å²) in [6, 6.07) is 2.99. The smallest absolute Gasteiger partial charge is 0.309 e. The van der Waals surface area contributed by atoms with Gasteiger partial charge < -0.3 is 9.84 Å². The van der Waals surface area contributed by atoms with Crippen molar-refractivity contribution in [3.8, 4) is 5.75 Å². The molecule has 0 saturated heterocycles. The number of hydrogen-bond donors (Lipinski definition) is 1. The normalized spacial score (nSPS) is 18.5. The van der Waals surface area contributed by atoms with Gasteiger partial charge in [0.2, 0.25) is 0 Å². The van der Waals surface area contributed by atoms with Crippen LogP contribution in [0.5, 0.6) is 5.75 Å². The molecule has 92 valence electrons. The second-order valence-corrected chi connectivity index (χ2v) is 4.06. The number of carboxylic acids is 1. The van der Waals surface area contributed by atoms with Crippen LogP contribution < -0.4 is 4.74 Å². The highest BCUT2D eigenvalue weighted by Gasteiger charge is 2.46. The Bertz CT molecular complexity index is 428. The number of aromatic nitrogens is 1. The summed E-state index contributed by atoms with van der Waals surface area (Å²) in [5, 5.41) is 8.59. The highest BCUT2D eigenvalue weighted by molar-refractivity contribution is 5.69. The third kappa shape index (κ3) is 3.12. The van der Waals surface area contributed by atoms with Gasteiger partial charge in [0.25, 0.3) is 5.92 Å². The fourth-order valence-electron chi connectivity index (χ4n) is 1.66. The molecule has 1 N–H and O–H groups in total. The topological polar surface area (TPSA) is 59.4 Å². The molecule has 1 aliphatic carbocycles. The highest BCUT2D eigenvalue weighted by atomic mass is 19.3. The van der Waals surface area contributed by atoms with Crippen LogP contribution in [0.15, 0.2) is 18.3 Å². The van der Waals surface area contributed by atoms with Crippen LogP contribution in [0.2, 0.25) is 0 Å². The Labute approximate surface area is 96.2 Å². The Morgan fingerprint density at radius 3 is 2.88 bits per heavy atom. The van der Waals surface area contributed by atoms with Crippen molar-refractivity contribution in [1.82, 2.24) is 4.98 Å². The zero-order valence-corrected chi connectivity index (χ0v) is 8.90. The summed E-state index contributed by atoms with van der Waals surface area (Å²) in [5.74, 6) is -3.23. The first-order chi connectivity index (χ1) is 7.94. The summed E-state index contributed by atoms with van der Waals surface area (Å²) in [5.41, 5.74) is 0.348. The van der Waals surface area contributed by atoms with Crippen LogP contribution in [0, 0.1) is 0 Å². The summed E-state index contributed by atoms with van der Waals surface area (Å²) in [7, 11) is 0. The number of halogens is 2. The molecule has 2 rings (SSSR count). The molecule has 1 saturated carbocycles. The lowest BCUT2D eigenvalue weighted by Crippen LogP contribution is -2.43. The van der Waals surface area contributed by atoms with Gasteiger partial charge in [0, 0.05) is 25.1 Å². The molecule has 17 heavy (non-hydrogen) atoms. The molecule has 1 heterocycles. The van der Waals surface area contributed by atoms with Crippen molar-refractivity contribution in [3.63, 3.8) is 0 Å². The fourth-order valence-corrected chi connectivity index (χ4v) is 1.66. The second kappa shape index (κ2) is 4.27. The van der Waals surface area contributed by atoms with E-state index in [2.05, 4.69) is 4.98 Å². The van der Waals surface area contributed by atoms with Gasteiger partial charge in [-0.15, -0.1) is 0 Å². The minimum Gasteiger partial charge on any atom is -0.490 e. The van der Waals surface area contributed by atoms with E-state index in [9.17, 15) is 13.6 Å². The van der Waals surface area contributed by atoms with Crippen molar-refractivity contribution in [2.45, 2.75) is 31.3 Å². The van der Waals surface area contributed by atoms with Gasteiger partial charge >= 0.3 is 5.97 Å². The number of nitrogens with zero attached hydrogens (tertiary/aromatic N) is 1. The molecule has 1 aromatic rings. The third-order valence-corrected chi connectivity index (χ3v) is 2.48. The molecule has 0 bridgehead atoms. The standard InChI is InChI=1S/C11H11F2NO3/c12-11(13)5-9(6-11)17-8-1-2-14-7(3-8)4-10(15)16/h1-3,9H,4-6H2,(H,15,16). The monoisotopic (exact) mass is 243 g/mol. The van der Waals surface area contributed by atoms with Crippen molar-refractivity contribution >= 4 is 5.97 Å². The number of alkyl halides is 2. The minimum absolute atomic E-state index is 0.210. The van der Waals surface area contributed by atoms with Gasteiger partial charge in [0.1, 0.15) is 11.9 Å². The lowest BCUT2D eigenvalue weighted by atomic mass is 9.91. The van der Waals surface area contributed by atoms with E-state index in [-0.39, 0.29) is 19.3 Å². The number of ether oxygens (including phenoxy) is 1. The maximum atomic E-state index is 12.6. The largest absolute Gasteiger partial charge is 0.490 e. The van der Waals surface area contributed by atoms with Crippen molar-refractivity contribution in [2.75, 3.05) is 0 Å². The maximum Gasteiger partial charge on any atom is 0.309 e. The maximum absolute atomic E-state index is 12.6. The molecule has 1 fully saturated rings. The highest BCUT2D eigenvalue weighted by Crippen LogP contribution is 2.39. The number of pyridine rings is 1. The first-order valence-electron chi connectivity index (χ1n) is 5.16. The molecule has 0 amide bonds. The van der Waals surface area contributed by atoms with E-state index in [4.69, 9.17) is 9.84 Å². The first kappa shape index (κ1) is 11.8. The van der Waals surface area contributed by atoms with Crippen molar-refractivity contribution in [2.24, 2.45) is 0 Å². The van der Waals surface area contributed by atoms with Crippen LogP contribution in [0.25, 0.3) is 0 Å². The van der Waals surface area contributed by atoms with Crippen LogP contribution in [0.3, 0.4) is 0 Å². The summed E-state index contributed by atoms with van der Waals surface area (Å²) < 4.78 is 30.4.